The number of aromatic nitrogens is 1. The summed E-state index contributed by atoms with van der Waals surface area (Å²) in [5.41, 5.74) is 1.74. The third kappa shape index (κ3) is 7.50. The molecule has 1 N–H and O–H groups in total. The van der Waals surface area contributed by atoms with Gasteiger partial charge in [0.2, 0.25) is 0 Å². The zero-order valence-electron chi connectivity index (χ0n) is 14.1. The molecule has 0 radical (unpaired) electrons. The van der Waals surface area contributed by atoms with Gasteiger partial charge < -0.3 is 14.6 Å². The van der Waals surface area contributed by atoms with Crippen LogP contribution in [0.3, 0.4) is 0 Å². The van der Waals surface area contributed by atoms with Crippen LogP contribution in [0.25, 0.3) is 10.6 Å². The van der Waals surface area contributed by atoms with Crippen molar-refractivity contribution in [2.45, 2.75) is 26.7 Å². The average Bonchev–Trinajstić information content (AvgIpc) is 3.05. The normalized spacial score (nSPS) is 9.92. The summed E-state index contributed by atoms with van der Waals surface area (Å²) in [6, 6.07) is 5.73. The molecule has 0 fully saturated rings. The van der Waals surface area contributed by atoms with Gasteiger partial charge in [-0.1, -0.05) is 0 Å². The quantitative estimate of drug-likeness (QED) is 0.622. The predicted molar refractivity (Wildman–Crippen MR) is 102 cm³/mol. The zero-order valence-corrected chi connectivity index (χ0v) is 16.5. The molecule has 1 aromatic heterocycles. The lowest BCUT2D eigenvalue weighted by Crippen LogP contribution is -1.99. The molecule has 25 heavy (non-hydrogen) atoms. The van der Waals surface area contributed by atoms with Crippen LogP contribution in [-0.2, 0) is 11.2 Å². The number of hydrogen-bond acceptors (Lipinski definition) is 5. The second-order valence-corrected chi connectivity index (χ2v) is 6.33. The largest absolute Gasteiger partial charge is 0.490 e. The maximum atomic E-state index is 10.6. The summed E-state index contributed by atoms with van der Waals surface area (Å²) < 4.78 is 11.2. The van der Waals surface area contributed by atoms with Crippen molar-refractivity contribution in [3.63, 3.8) is 0 Å². The van der Waals surface area contributed by atoms with E-state index >= 15 is 0 Å². The van der Waals surface area contributed by atoms with E-state index in [1.54, 1.807) is 0 Å². The van der Waals surface area contributed by atoms with Crippen molar-refractivity contribution < 1.29 is 19.4 Å². The molecule has 0 spiro atoms. The Morgan fingerprint density at radius 3 is 2.44 bits per heavy atom. The summed E-state index contributed by atoms with van der Waals surface area (Å²) in [6.07, 6.45) is 0.540. The summed E-state index contributed by atoms with van der Waals surface area (Å²) in [6.45, 7) is 5.00. The molecule has 5 nitrogen and oxygen atoms in total. The van der Waals surface area contributed by atoms with Crippen molar-refractivity contribution in [2.24, 2.45) is 0 Å². The maximum Gasteiger partial charge on any atom is 0.303 e. The minimum atomic E-state index is -0.811. The second-order valence-electron chi connectivity index (χ2n) is 4.67. The van der Waals surface area contributed by atoms with Gasteiger partial charge in [-0.15, -0.1) is 34.5 Å². The Morgan fingerprint density at radius 1 is 1.20 bits per heavy atom. The average molecular weight is 406 g/mol. The summed E-state index contributed by atoms with van der Waals surface area (Å²) in [7, 11) is 0. The summed E-state index contributed by atoms with van der Waals surface area (Å²) in [5.74, 6) is 0.606. The number of rotatable bonds is 8. The van der Waals surface area contributed by atoms with E-state index in [2.05, 4.69) is 4.98 Å². The van der Waals surface area contributed by atoms with Crippen molar-refractivity contribution >= 4 is 40.5 Å². The second kappa shape index (κ2) is 12.0. The van der Waals surface area contributed by atoms with Crippen LogP contribution in [0.4, 0.5) is 0 Å². The molecule has 1 aromatic carbocycles. The molecule has 1 heterocycles. The Balaban J connectivity index is 0.000000970. The molecule has 0 saturated carbocycles. The van der Waals surface area contributed by atoms with Crippen LogP contribution >= 0.6 is 34.5 Å². The number of aryl methyl sites for hydroxylation is 1. The number of aliphatic carboxylic acids is 1. The number of alkyl halides is 2. The fourth-order valence-corrected chi connectivity index (χ4v) is 2.82. The number of nitrogens with zero attached hydrogens (tertiary/aromatic N) is 1. The molecular weight excluding hydrogens is 385 g/mol. The highest BCUT2D eigenvalue weighted by atomic mass is 35.5. The topological polar surface area (TPSA) is 68.7 Å². The summed E-state index contributed by atoms with van der Waals surface area (Å²) in [4.78, 5) is 15.1. The standard InChI is InChI=1S/C16H19NO4S.CH2Cl2/c1-3-20-13-7-5-11(9-14(13)21-4-2)16-17-12(10-22-16)6-8-15(18)19;2-1-3/h5,7,9-10H,3-4,6,8H2,1-2H3,(H,18,19);1H2. The molecule has 0 aliphatic carbocycles. The molecule has 138 valence electrons. The number of carboxylic acid groups (broad SMARTS) is 1. The fourth-order valence-electron chi connectivity index (χ4n) is 1.97. The van der Waals surface area contributed by atoms with E-state index < -0.39 is 5.97 Å². The number of thiazole rings is 1. The van der Waals surface area contributed by atoms with Crippen molar-refractivity contribution in [2.75, 3.05) is 18.6 Å². The lowest BCUT2D eigenvalue weighted by Gasteiger charge is -2.11. The predicted octanol–water partition coefficient (Wildman–Crippen LogP) is 5.05. The molecule has 2 aromatic rings. The number of carboxylic acids is 1. The smallest absolute Gasteiger partial charge is 0.303 e. The van der Waals surface area contributed by atoms with Crippen LogP contribution in [0.15, 0.2) is 23.6 Å². The molecule has 0 bridgehead atoms. The Morgan fingerprint density at radius 2 is 1.84 bits per heavy atom. The first kappa shape index (κ1) is 21.5. The van der Waals surface area contributed by atoms with Gasteiger partial charge >= 0.3 is 5.97 Å². The van der Waals surface area contributed by atoms with Crippen molar-refractivity contribution in [3.8, 4) is 22.1 Å². The Bertz CT molecular complexity index is 664. The minimum absolute atomic E-state index is 0.0939. The van der Waals surface area contributed by atoms with Gasteiger partial charge in [-0.25, -0.2) is 4.98 Å². The monoisotopic (exact) mass is 405 g/mol. The van der Waals surface area contributed by atoms with Crippen LogP contribution in [0.5, 0.6) is 11.5 Å². The van der Waals surface area contributed by atoms with Gasteiger partial charge in [-0.2, -0.15) is 0 Å². The Hall–Kier alpha value is -1.50. The van der Waals surface area contributed by atoms with E-state index in [-0.39, 0.29) is 11.8 Å². The molecule has 2 rings (SSSR count). The third-order valence-electron chi connectivity index (χ3n) is 2.94. The lowest BCUT2D eigenvalue weighted by molar-refractivity contribution is -0.136. The van der Waals surface area contributed by atoms with E-state index in [0.717, 1.165) is 22.0 Å². The summed E-state index contributed by atoms with van der Waals surface area (Å²) >= 11 is 11.0. The first-order valence-electron chi connectivity index (χ1n) is 7.73. The van der Waals surface area contributed by atoms with E-state index in [9.17, 15) is 4.79 Å². The van der Waals surface area contributed by atoms with Crippen LogP contribution in [0.2, 0.25) is 0 Å². The molecule has 0 atom stereocenters. The Labute approximate surface area is 161 Å². The molecule has 0 amide bonds. The molecular formula is C17H21Cl2NO4S. The molecule has 8 heteroatoms. The minimum Gasteiger partial charge on any atom is -0.490 e. The first-order chi connectivity index (χ1) is 12.0. The molecule has 0 aliphatic rings. The van der Waals surface area contributed by atoms with Crippen LogP contribution in [-0.4, -0.2) is 34.6 Å². The molecule has 0 aliphatic heterocycles. The first-order valence-corrected chi connectivity index (χ1v) is 9.68. The van der Waals surface area contributed by atoms with Crippen LogP contribution in [0, 0.1) is 0 Å². The van der Waals surface area contributed by atoms with E-state index in [4.69, 9.17) is 37.8 Å². The third-order valence-corrected chi connectivity index (χ3v) is 3.88. The van der Waals surface area contributed by atoms with Gasteiger partial charge in [-0.3, -0.25) is 4.79 Å². The highest BCUT2D eigenvalue weighted by molar-refractivity contribution is 7.13. The maximum absolute atomic E-state index is 10.6. The summed E-state index contributed by atoms with van der Waals surface area (Å²) in [5, 5.41) is 11.7. The van der Waals surface area contributed by atoms with Crippen molar-refractivity contribution in [3.05, 3.63) is 29.3 Å². The van der Waals surface area contributed by atoms with Crippen LogP contribution < -0.4 is 9.47 Å². The highest BCUT2D eigenvalue weighted by Crippen LogP contribution is 2.34. The highest BCUT2D eigenvalue weighted by Gasteiger charge is 2.11. The van der Waals surface area contributed by atoms with Gasteiger partial charge in [0.05, 0.1) is 30.7 Å². The van der Waals surface area contributed by atoms with Gasteiger partial charge in [-0.05, 0) is 32.0 Å². The van der Waals surface area contributed by atoms with E-state index in [1.807, 2.05) is 37.4 Å². The molecule has 0 saturated heterocycles. The number of halogens is 2. The van der Waals surface area contributed by atoms with Gasteiger partial charge in [0.1, 0.15) is 5.01 Å². The van der Waals surface area contributed by atoms with Crippen LogP contribution in [0.1, 0.15) is 26.0 Å². The SMILES string of the molecule is CCOc1ccc(-c2nc(CCC(=O)O)cs2)cc1OCC.ClCCl. The Kier molecular flexibility index (Phi) is 10.3. The van der Waals surface area contributed by atoms with Gasteiger partial charge in [0.15, 0.2) is 11.5 Å². The number of carbonyl (C=O) groups is 1. The van der Waals surface area contributed by atoms with Gasteiger partial charge in [0, 0.05) is 17.4 Å². The van der Waals surface area contributed by atoms with E-state index in [0.29, 0.717) is 25.4 Å². The lowest BCUT2D eigenvalue weighted by atomic mass is 10.2. The van der Waals surface area contributed by atoms with Crippen molar-refractivity contribution in [1.82, 2.24) is 4.98 Å². The number of benzene rings is 1. The fraction of sp³-hybridized carbons (Fsp3) is 0.412. The van der Waals surface area contributed by atoms with E-state index in [1.165, 1.54) is 11.3 Å². The zero-order chi connectivity index (χ0) is 18.7. The number of hydrogen-bond donors (Lipinski definition) is 1. The molecule has 0 unspecified atom stereocenters. The number of ether oxygens (including phenoxy) is 2. The van der Waals surface area contributed by atoms with Gasteiger partial charge in [0.25, 0.3) is 0 Å². The van der Waals surface area contributed by atoms with Crippen molar-refractivity contribution in [1.29, 1.82) is 0 Å².